The van der Waals surface area contributed by atoms with Crippen LogP contribution in [-0.2, 0) is 11.2 Å². The molecule has 0 saturated heterocycles. The molecule has 0 radical (unpaired) electrons. The first-order valence-corrected chi connectivity index (χ1v) is 5.92. The lowest BCUT2D eigenvalue weighted by molar-refractivity contribution is -0.118. The van der Waals surface area contributed by atoms with E-state index in [9.17, 15) is 4.79 Å². The molecule has 2 nitrogen and oxygen atoms in total. The first kappa shape index (κ1) is 12.4. The van der Waals surface area contributed by atoms with E-state index in [4.69, 9.17) is 0 Å². The zero-order valence-electron chi connectivity index (χ0n) is 8.92. The highest BCUT2D eigenvalue weighted by molar-refractivity contribution is 9.10. The van der Waals surface area contributed by atoms with Gasteiger partial charge in [-0.2, -0.15) is 0 Å². The molecular weight excluding hydrogens is 254 g/mol. The maximum absolute atomic E-state index is 11.6. The molecule has 0 aromatic heterocycles. The van der Waals surface area contributed by atoms with Gasteiger partial charge in [-0.05, 0) is 37.7 Å². The first-order valence-electron chi connectivity index (χ1n) is 5.13. The average molecular weight is 270 g/mol. The van der Waals surface area contributed by atoms with E-state index in [0.717, 1.165) is 23.0 Å². The zero-order valence-corrected chi connectivity index (χ0v) is 10.5. The molecule has 0 bridgehead atoms. The van der Waals surface area contributed by atoms with Crippen LogP contribution in [0.1, 0.15) is 18.4 Å². The molecule has 0 atom stereocenters. The number of Topliss-reactive ketones (excluding diaryl/α,β-unsaturated/α-hetero) is 1. The minimum atomic E-state index is 0.309. The van der Waals surface area contributed by atoms with Crippen LogP contribution in [0.4, 0.5) is 0 Å². The molecule has 1 aromatic carbocycles. The van der Waals surface area contributed by atoms with Crippen LogP contribution in [0.15, 0.2) is 28.7 Å². The summed E-state index contributed by atoms with van der Waals surface area (Å²) in [6.07, 6.45) is 2.12. The van der Waals surface area contributed by atoms with Crippen molar-refractivity contribution in [2.24, 2.45) is 0 Å². The Hall–Kier alpha value is -0.670. The van der Waals surface area contributed by atoms with Crippen molar-refractivity contribution in [3.8, 4) is 0 Å². The Morgan fingerprint density at radius 3 is 2.93 bits per heavy atom. The molecule has 3 heteroatoms. The highest BCUT2D eigenvalue weighted by Gasteiger charge is 2.03. The second kappa shape index (κ2) is 6.75. The van der Waals surface area contributed by atoms with E-state index in [1.807, 2.05) is 31.3 Å². The minimum absolute atomic E-state index is 0.309. The van der Waals surface area contributed by atoms with Crippen LogP contribution in [0.3, 0.4) is 0 Å². The molecule has 0 aliphatic carbocycles. The monoisotopic (exact) mass is 269 g/mol. The van der Waals surface area contributed by atoms with Crippen LogP contribution in [0.2, 0.25) is 0 Å². The standard InChI is InChI=1S/C12H16BrNO/c1-14-7-3-6-12(15)9-10-4-2-5-11(13)8-10/h2,4-5,8,14H,3,6-7,9H2,1H3. The predicted octanol–water partition coefficient (Wildman–Crippen LogP) is 2.56. The molecule has 1 N–H and O–H groups in total. The van der Waals surface area contributed by atoms with Gasteiger partial charge >= 0.3 is 0 Å². The number of halogens is 1. The molecule has 0 aliphatic heterocycles. The predicted molar refractivity (Wildman–Crippen MR) is 66.0 cm³/mol. The van der Waals surface area contributed by atoms with E-state index in [-0.39, 0.29) is 0 Å². The van der Waals surface area contributed by atoms with Crippen LogP contribution in [0.5, 0.6) is 0 Å². The highest BCUT2D eigenvalue weighted by atomic mass is 79.9. The molecule has 0 aliphatic rings. The molecule has 1 rings (SSSR count). The van der Waals surface area contributed by atoms with Gasteiger partial charge in [-0.25, -0.2) is 0 Å². The fourth-order valence-corrected chi connectivity index (χ4v) is 1.87. The summed E-state index contributed by atoms with van der Waals surface area (Å²) in [6, 6.07) is 7.91. The van der Waals surface area contributed by atoms with E-state index in [2.05, 4.69) is 21.2 Å². The van der Waals surface area contributed by atoms with Crippen molar-refractivity contribution >= 4 is 21.7 Å². The Balaban J connectivity index is 2.37. The summed E-state index contributed by atoms with van der Waals surface area (Å²) in [4.78, 5) is 11.6. The molecule has 15 heavy (non-hydrogen) atoms. The largest absolute Gasteiger partial charge is 0.320 e. The van der Waals surface area contributed by atoms with E-state index >= 15 is 0 Å². The molecule has 0 amide bonds. The third-order valence-corrected chi connectivity index (χ3v) is 2.67. The maximum atomic E-state index is 11.6. The lowest BCUT2D eigenvalue weighted by Crippen LogP contribution is -2.11. The van der Waals surface area contributed by atoms with Crippen molar-refractivity contribution < 1.29 is 4.79 Å². The van der Waals surface area contributed by atoms with Gasteiger partial charge < -0.3 is 5.32 Å². The number of ketones is 1. The van der Waals surface area contributed by atoms with Crippen LogP contribution in [0.25, 0.3) is 0 Å². The number of carbonyl (C=O) groups is 1. The summed E-state index contributed by atoms with van der Waals surface area (Å²) >= 11 is 3.39. The lowest BCUT2D eigenvalue weighted by Gasteiger charge is -2.02. The Labute approximate surface area is 99.2 Å². The SMILES string of the molecule is CNCCCC(=O)Cc1cccc(Br)c1. The topological polar surface area (TPSA) is 29.1 Å². The van der Waals surface area contributed by atoms with Gasteiger partial charge in [0.25, 0.3) is 0 Å². The maximum Gasteiger partial charge on any atom is 0.137 e. The summed E-state index contributed by atoms with van der Waals surface area (Å²) in [7, 11) is 1.90. The van der Waals surface area contributed by atoms with Crippen LogP contribution < -0.4 is 5.32 Å². The van der Waals surface area contributed by atoms with Gasteiger partial charge in [0.15, 0.2) is 0 Å². The molecule has 0 heterocycles. The normalized spacial score (nSPS) is 10.3. The smallest absolute Gasteiger partial charge is 0.137 e. The zero-order chi connectivity index (χ0) is 11.1. The summed E-state index contributed by atoms with van der Waals surface area (Å²) in [5.41, 5.74) is 1.08. The van der Waals surface area contributed by atoms with Gasteiger partial charge in [0, 0.05) is 17.3 Å². The third-order valence-electron chi connectivity index (χ3n) is 2.17. The Bertz CT molecular complexity index is 325. The van der Waals surface area contributed by atoms with Gasteiger partial charge in [-0.3, -0.25) is 4.79 Å². The van der Waals surface area contributed by atoms with E-state index in [0.29, 0.717) is 18.6 Å². The van der Waals surface area contributed by atoms with E-state index < -0.39 is 0 Å². The van der Waals surface area contributed by atoms with Crippen LogP contribution in [0, 0.1) is 0 Å². The van der Waals surface area contributed by atoms with Crippen molar-refractivity contribution in [1.29, 1.82) is 0 Å². The van der Waals surface area contributed by atoms with Crippen LogP contribution in [-0.4, -0.2) is 19.4 Å². The summed E-state index contributed by atoms with van der Waals surface area (Å²) in [5, 5.41) is 3.04. The Morgan fingerprint density at radius 1 is 1.47 bits per heavy atom. The average Bonchev–Trinajstić information content (AvgIpc) is 2.18. The van der Waals surface area contributed by atoms with Gasteiger partial charge in [0.2, 0.25) is 0 Å². The number of hydrogen-bond donors (Lipinski definition) is 1. The van der Waals surface area contributed by atoms with Crippen molar-refractivity contribution in [2.45, 2.75) is 19.3 Å². The Morgan fingerprint density at radius 2 is 2.27 bits per heavy atom. The Kier molecular flexibility index (Phi) is 5.58. The van der Waals surface area contributed by atoms with E-state index in [1.54, 1.807) is 0 Å². The third kappa shape index (κ3) is 5.09. The first-order chi connectivity index (χ1) is 7.22. The molecule has 0 saturated carbocycles. The summed E-state index contributed by atoms with van der Waals surface area (Å²) < 4.78 is 1.03. The van der Waals surface area contributed by atoms with Crippen molar-refractivity contribution in [2.75, 3.05) is 13.6 Å². The fraction of sp³-hybridized carbons (Fsp3) is 0.417. The van der Waals surface area contributed by atoms with Crippen molar-refractivity contribution in [3.63, 3.8) is 0 Å². The minimum Gasteiger partial charge on any atom is -0.320 e. The van der Waals surface area contributed by atoms with Gasteiger partial charge in [-0.15, -0.1) is 0 Å². The number of benzene rings is 1. The van der Waals surface area contributed by atoms with Gasteiger partial charge in [0.05, 0.1) is 0 Å². The quantitative estimate of drug-likeness (QED) is 0.805. The summed E-state index contributed by atoms with van der Waals surface area (Å²) in [6.45, 7) is 0.907. The number of nitrogens with one attached hydrogen (secondary N) is 1. The summed E-state index contributed by atoms with van der Waals surface area (Å²) in [5.74, 6) is 0.309. The van der Waals surface area contributed by atoms with Gasteiger partial charge in [-0.1, -0.05) is 28.1 Å². The molecular formula is C12H16BrNO. The molecule has 0 unspecified atom stereocenters. The number of rotatable bonds is 6. The number of carbonyl (C=O) groups excluding carboxylic acids is 1. The molecule has 1 aromatic rings. The second-order valence-electron chi connectivity index (χ2n) is 3.55. The van der Waals surface area contributed by atoms with Crippen LogP contribution >= 0.6 is 15.9 Å². The van der Waals surface area contributed by atoms with Gasteiger partial charge in [0.1, 0.15) is 5.78 Å². The second-order valence-corrected chi connectivity index (χ2v) is 4.47. The fourth-order valence-electron chi connectivity index (χ4n) is 1.43. The van der Waals surface area contributed by atoms with E-state index in [1.165, 1.54) is 0 Å². The van der Waals surface area contributed by atoms with Crippen molar-refractivity contribution in [3.05, 3.63) is 34.3 Å². The lowest BCUT2D eigenvalue weighted by atomic mass is 10.1. The van der Waals surface area contributed by atoms with Crippen molar-refractivity contribution in [1.82, 2.24) is 5.32 Å². The number of hydrogen-bond acceptors (Lipinski definition) is 2. The molecule has 82 valence electrons. The molecule has 0 fully saturated rings. The highest BCUT2D eigenvalue weighted by Crippen LogP contribution is 2.12. The molecule has 0 spiro atoms.